The Bertz CT molecular complexity index is 319. The van der Waals surface area contributed by atoms with E-state index in [1.165, 1.54) is 25.0 Å². The zero-order chi connectivity index (χ0) is 10.8. The molecule has 82 valence electrons. The summed E-state index contributed by atoms with van der Waals surface area (Å²) in [5.41, 5.74) is 6.88. The first-order valence-electron chi connectivity index (χ1n) is 5.40. The number of halogens is 1. The fourth-order valence-corrected chi connectivity index (χ4v) is 1.96. The topological polar surface area (TPSA) is 29.3 Å². The molecule has 2 N–H and O–H groups in total. The monoisotopic (exact) mass is 208 g/mol. The standard InChI is InChI=1S/C12H17FN2/c1-15(11-6-7-11)12(8-14)9-2-4-10(13)5-3-9/h2-5,11-12H,6-8,14H2,1H3. The third kappa shape index (κ3) is 2.36. The zero-order valence-electron chi connectivity index (χ0n) is 8.99. The van der Waals surface area contributed by atoms with Crippen LogP contribution in [0.3, 0.4) is 0 Å². The van der Waals surface area contributed by atoms with Crippen LogP contribution in [0.2, 0.25) is 0 Å². The molecule has 1 unspecified atom stereocenters. The van der Waals surface area contributed by atoms with Crippen molar-refractivity contribution in [2.24, 2.45) is 5.73 Å². The van der Waals surface area contributed by atoms with Crippen molar-refractivity contribution in [2.75, 3.05) is 13.6 Å². The van der Waals surface area contributed by atoms with Gasteiger partial charge >= 0.3 is 0 Å². The highest BCUT2D eigenvalue weighted by atomic mass is 19.1. The summed E-state index contributed by atoms with van der Waals surface area (Å²) in [6.07, 6.45) is 2.52. The molecule has 1 aliphatic rings. The molecule has 0 saturated heterocycles. The van der Waals surface area contributed by atoms with Crippen LogP contribution in [0, 0.1) is 5.82 Å². The van der Waals surface area contributed by atoms with E-state index in [1.54, 1.807) is 0 Å². The normalized spacial score (nSPS) is 18.1. The highest BCUT2D eigenvalue weighted by Gasteiger charge is 2.30. The highest BCUT2D eigenvalue weighted by molar-refractivity contribution is 5.20. The summed E-state index contributed by atoms with van der Waals surface area (Å²) in [5, 5.41) is 0. The van der Waals surface area contributed by atoms with E-state index in [9.17, 15) is 4.39 Å². The molecular weight excluding hydrogens is 191 g/mol. The maximum absolute atomic E-state index is 12.8. The Kier molecular flexibility index (Phi) is 3.03. The van der Waals surface area contributed by atoms with E-state index in [0.29, 0.717) is 12.6 Å². The molecule has 1 fully saturated rings. The second-order valence-electron chi connectivity index (χ2n) is 4.20. The van der Waals surface area contributed by atoms with Crippen molar-refractivity contribution in [3.63, 3.8) is 0 Å². The van der Waals surface area contributed by atoms with Crippen LogP contribution < -0.4 is 5.73 Å². The van der Waals surface area contributed by atoms with Crippen molar-refractivity contribution in [2.45, 2.75) is 24.9 Å². The maximum Gasteiger partial charge on any atom is 0.123 e. The van der Waals surface area contributed by atoms with Crippen LogP contribution in [-0.4, -0.2) is 24.5 Å². The van der Waals surface area contributed by atoms with Crippen molar-refractivity contribution in [1.82, 2.24) is 4.90 Å². The van der Waals surface area contributed by atoms with E-state index < -0.39 is 0 Å². The minimum atomic E-state index is -0.191. The molecule has 0 heterocycles. The molecule has 0 radical (unpaired) electrons. The van der Waals surface area contributed by atoms with Gasteiger partial charge in [-0.3, -0.25) is 4.90 Å². The maximum atomic E-state index is 12.8. The fourth-order valence-electron chi connectivity index (χ4n) is 1.96. The predicted molar refractivity (Wildman–Crippen MR) is 59.0 cm³/mol. The lowest BCUT2D eigenvalue weighted by Gasteiger charge is -2.27. The van der Waals surface area contributed by atoms with Gasteiger partial charge in [-0.05, 0) is 37.6 Å². The molecule has 2 nitrogen and oxygen atoms in total. The molecule has 0 aliphatic heterocycles. The van der Waals surface area contributed by atoms with E-state index in [2.05, 4.69) is 11.9 Å². The number of nitrogens with two attached hydrogens (primary N) is 1. The van der Waals surface area contributed by atoms with Crippen LogP contribution in [0.1, 0.15) is 24.4 Å². The fraction of sp³-hybridized carbons (Fsp3) is 0.500. The second-order valence-corrected chi connectivity index (χ2v) is 4.20. The van der Waals surface area contributed by atoms with Gasteiger partial charge in [-0.15, -0.1) is 0 Å². The van der Waals surface area contributed by atoms with E-state index in [-0.39, 0.29) is 11.9 Å². The molecule has 1 saturated carbocycles. The van der Waals surface area contributed by atoms with Crippen LogP contribution >= 0.6 is 0 Å². The largest absolute Gasteiger partial charge is 0.329 e. The van der Waals surface area contributed by atoms with Gasteiger partial charge < -0.3 is 5.73 Å². The Morgan fingerprint density at radius 3 is 2.47 bits per heavy atom. The van der Waals surface area contributed by atoms with Gasteiger partial charge in [0, 0.05) is 18.6 Å². The van der Waals surface area contributed by atoms with Gasteiger partial charge in [0.05, 0.1) is 0 Å². The molecule has 1 aromatic carbocycles. The molecule has 0 aromatic heterocycles. The molecule has 1 aromatic rings. The molecule has 15 heavy (non-hydrogen) atoms. The number of nitrogens with zero attached hydrogens (tertiary/aromatic N) is 1. The van der Waals surface area contributed by atoms with Crippen molar-refractivity contribution < 1.29 is 4.39 Å². The lowest BCUT2D eigenvalue weighted by atomic mass is 10.1. The third-order valence-corrected chi connectivity index (χ3v) is 3.09. The van der Waals surface area contributed by atoms with Crippen LogP contribution in [0.4, 0.5) is 4.39 Å². The number of hydrogen-bond acceptors (Lipinski definition) is 2. The Balaban J connectivity index is 2.14. The highest BCUT2D eigenvalue weighted by Crippen LogP contribution is 2.32. The van der Waals surface area contributed by atoms with Crippen LogP contribution in [0.25, 0.3) is 0 Å². The van der Waals surface area contributed by atoms with E-state index in [0.717, 1.165) is 5.56 Å². The summed E-state index contributed by atoms with van der Waals surface area (Å²) < 4.78 is 12.8. The summed E-state index contributed by atoms with van der Waals surface area (Å²) >= 11 is 0. The minimum absolute atomic E-state index is 0.191. The molecule has 0 spiro atoms. The molecular formula is C12H17FN2. The van der Waals surface area contributed by atoms with Gasteiger partial charge in [0.2, 0.25) is 0 Å². The smallest absolute Gasteiger partial charge is 0.123 e. The summed E-state index contributed by atoms with van der Waals surface area (Å²) in [5.74, 6) is -0.191. The van der Waals surface area contributed by atoms with Crippen molar-refractivity contribution in [3.8, 4) is 0 Å². The molecule has 3 heteroatoms. The summed E-state index contributed by atoms with van der Waals surface area (Å²) in [7, 11) is 2.10. The van der Waals surface area contributed by atoms with Gasteiger partial charge in [0.15, 0.2) is 0 Å². The van der Waals surface area contributed by atoms with Crippen molar-refractivity contribution in [1.29, 1.82) is 0 Å². The van der Waals surface area contributed by atoms with Gasteiger partial charge in [-0.25, -0.2) is 4.39 Å². The number of likely N-dealkylation sites (N-methyl/N-ethyl adjacent to an activating group) is 1. The molecule has 1 aliphatic carbocycles. The Morgan fingerprint density at radius 1 is 1.40 bits per heavy atom. The molecule has 2 rings (SSSR count). The Labute approximate surface area is 89.9 Å². The number of rotatable bonds is 4. The summed E-state index contributed by atoms with van der Waals surface area (Å²) in [4.78, 5) is 2.30. The van der Waals surface area contributed by atoms with Crippen molar-refractivity contribution in [3.05, 3.63) is 35.6 Å². The zero-order valence-corrected chi connectivity index (χ0v) is 8.99. The first kappa shape index (κ1) is 10.6. The van der Waals surface area contributed by atoms with Gasteiger partial charge in [0.1, 0.15) is 5.82 Å². The van der Waals surface area contributed by atoms with Crippen molar-refractivity contribution >= 4 is 0 Å². The quantitative estimate of drug-likeness (QED) is 0.819. The number of hydrogen-bond donors (Lipinski definition) is 1. The first-order chi connectivity index (χ1) is 7.22. The lowest BCUT2D eigenvalue weighted by molar-refractivity contribution is 0.240. The first-order valence-corrected chi connectivity index (χ1v) is 5.40. The summed E-state index contributed by atoms with van der Waals surface area (Å²) in [6.45, 7) is 0.582. The van der Waals surface area contributed by atoms with Gasteiger partial charge in [-0.1, -0.05) is 12.1 Å². The van der Waals surface area contributed by atoms with Gasteiger partial charge in [-0.2, -0.15) is 0 Å². The average molecular weight is 208 g/mol. The van der Waals surface area contributed by atoms with Crippen LogP contribution in [0.5, 0.6) is 0 Å². The number of benzene rings is 1. The molecule has 0 amide bonds. The minimum Gasteiger partial charge on any atom is -0.329 e. The van der Waals surface area contributed by atoms with E-state index in [4.69, 9.17) is 5.73 Å². The predicted octanol–water partition coefficient (Wildman–Crippen LogP) is 1.92. The van der Waals surface area contributed by atoms with E-state index in [1.807, 2.05) is 12.1 Å². The Hall–Kier alpha value is -0.930. The lowest BCUT2D eigenvalue weighted by Crippen LogP contribution is -2.32. The van der Waals surface area contributed by atoms with Crippen LogP contribution in [0.15, 0.2) is 24.3 Å². The average Bonchev–Trinajstić information content (AvgIpc) is 3.05. The SMILES string of the molecule is CN(C1CC1)C(CN)c1ccc(F)cc1. The molecule has 1 atom stereocenters. The third-order valence-electron chi connectivity index (χ3n) is 3.09. The summed E-state index contributed by atoms with van der Waals surface area (Å²) in [6, 6.07) is 7.54. The second kappa shape index (κ2) is 4.29. The van der Waals surface area contributed by atoms with Crippen LogP contribution in [-0.2, 0) is 0 Å². The molecule has 0 bridgehead atoms. The van der Waals surface area contributed by atoms with E-state index >= 15 is 0 Å². The van der Waals surface area contributed by atoms with Gasteiger partial charge in [0.25, 0.3) is 0 Å². The Morgan fingerprint density at radius 2 is 2.00 bits per heavy atom.